The van der Waals surface area contributed by atoms with E-state index in [0.717, 1.165) is 39.0 Å². The zero-order valence-electron chi connectivity index (χ0n) is 12.2. The Labute approximate surface area is 111 Å². The highest BCUT2D eigenvalue weighted by Gasteiger charge is 2.16. The maximum absolute atomic E-state index is 5.14. The first kappa shape index (κ1) is 15.2. The molecule has 0 bridgehead atoms. The van der Waals surface area contributed by atoms with Crippen molar-refractivity contribution in [1.29, 1.82) is 0 Å². The predicted molar refractivity (Wildman–Crippen MR) is 74.8 cm³/mol. The van der Waals surface area contributed by atoms with Gasteiger partial charge in [0.05, 0.1) is 11.4 Å². The van der Waals surface area contributed by atoms with Crippen LogP contribution in [0.2, 0.25) is 0 Å². The van der Waals surface area contributed by atoms with E-state index >= 15 is 0 Å². The van der Waals surface area contributed by atoms with Gasteiger partial charge in [0, 0.05) is 26.3 Å². The molecule has 1 N–H and O–H groups in total. The molecule has 0 amide bonds. The molecule has 104 valence electrons. The minimum absolute atomic E-state index is 0.387. The van der Waals surface area contributed by atoms with Gasteiger partial charge in [0.2, 0.25) is 0 Å². The van der Waals surface area contributed by atoms with Crippen LogP contribution in [0.25, 0.3) is 0 Å². The topological polar surface area (TPSA) is 39.1 Å². The minimum Gasteiger partial charge on any atom is -0.385 e. The van der Waals surface area contributed by atoms with Gasteiger partial charge >= 0.3 is 0 Å². The average Bonchev–Trinajstić information content (AvgIpc) is 2.81. The first-order chi connectivity index (χ1) is 8.76. The largest absolute Gasteiger partial charge is 0.385 e. The summed E-state index contributed by atoms with van der Waals surface area (Å²) in [4.78, 5) is 0. The zero-order valence-corrected chi connectivity index (χ0v) is 12.2. The Hall–Kier alpha value is -0.870. The number of rotatable bonds is 9. The lowest BCUT2D eigenvalue weighted by Gasteiger charge is -2.18. The summed E-state index contributed by atoms with van der Waals surface area (Å²) in [6, 6.07) is 2.63. The molecular formula is C14H27N3O. The average molecular weight is 253 g/mol. The van der Waals surface area contributed by atoms with E-state index in [0.29, 0.717) is 6.04 Å². The van der Waals surface area contributed by atoms with Gasteiger partial charge < -0.3 is 10.1 Å². The molecule has 4 heteroatoms. The highest BCUT2D eigenvalue weighted by atomic mass is 16.5. The number of nitrogens with one attached hydrogen (secondary N) is 1. The second-order valence-electron chi connectivity index (χ2n) is 4.48. The quantitative estimate of drug-likeness (QED) is 0.687. The van der Waals surface area contributed by atoms with Gasteiger partial charge in [-0.25, -0.2) is 0 Å². The Bertz CT molecular complexity index is 336. The van der Waals surface area contributed by atoms with E-state index in [1.54, 1.807) is 7.11 Å². The Kier molecular flexibility index (Phi) is 6.98. The lowest BCUT2D eigenvalue weighted by molar-refractivity contribution is 0.188. The van der Waals surface area contributed by atoms with Crippen LogP contribution in [-0.2, 0) is 17.7 Å². The normalized spacial score (nSPS) is 12.9. The van der Waals surface area contributed by atoms with Crippen molar-refractivity contribution < 1.29 is 4.74 Å². The Balaban J connectivity index is 2.78. The molecule has 1 unspecified atom stereocenters. The number of ether oxygens (including phenoxy) is 1. The van der Waals surface area contributed by atoms with E-state index in [4.69, 9.17) is 4.74 Å². The molecule has 1 rings (SSSR count). The van der Waals surface area contributed by atoms with Gasteiger partial charge in [0.15, 0.2) is 0 Å². The summed E-state index contributed by atoms with van der Waals surface area (Å²) < 4.78 is 7.26. The molecular weight excluding hydrogens is 226 g/mol. The highest BCUT2D eigenvalue weighted by molar-refractivity contribution is 5.14. The van der Waals surface area contributed by atoms with E-state index in [-0.39, 0.29) is 0 Å². The van der Waals surface area contributed by atoms with Gasteiger partial charge in [-0.15, -0.1) is 0 Å². The molecule has 0 saturated carbocycles. The van der Waals surface area contributed by atoms with Crippen molar-refractivity contribution in [3.63, 3.8) is 0 Å². The molecule has 1 aromatic rings. The Morgan fingerprint density at radius 3 is 2.72 bits per heavy atom. The third-order valence-corrected chi connectivity index (χ3v) is 3.17. The van der Waals surface area contributed by atoms with Gasteiger partial charge in [-0.1, -0.05) is 13.8 Å². The van der Waals surface area contributed by atoms with E-state index in [1.807, 2.05) is 0 Å². The van der Waals surface area contributed by atoms with Crippen LogP contribution in [0.3, 0.4) is 0 Å². The van der Waals surface area contributed by atoms with Crippen LogP contribution in [0.1, 0.15) is 51.0 Å². The van der Waals surface area contributed by atoms with Crippen molar-refractivity contribution in [2.45, 2.75) is 52.6 Å². The van der Waals surface area contributed by atoms with E-state index in [9.17, 15) is 0 Å². The fraction of sp³-hybridized carbons (Fsp3) is 0.786. The molecule has 0 aliphatic rings. The van der Waals surface area contributed by atoms with Gasteiger partial charge in [-0.05, 0) is 38.8 Å². The van der Waals surface area contributed by atoms with Crippen LogP contribution in [0.15, 0.2) is 6.07 Å². The van der Waals surface area contributed by atoms with Crippen molar-refractivity contribution in [3.05, 3.63) is 17.5 Å². The van der Waals surface area contributed by atoms with Crippen molar-refractivity contribution >= 4 is 0 Å². The van der Waals surface area contributed by atoms with Crippen LogP contribution in [0.4, 0.5) is 0 Å². The van der Waals surface area contributed by atoms with E-state index in [2.05, 4.69) is 41.9 Å². The summed E-state index contributed by atoms with van der Waals surface area (Å²) in [5.41, 5.74) is 2.49. The zero-order chi connectivity index (χ0) is 13.4. The Morgan fingerprint density at radius 2 is 2.17 bits per heavy atom. The number of aryl methyl sites for hydroxylation is 2. The van der Waals surface area contributed by atoms with Gasteiger partial charge in [-0.3, -0.25) is 4.68 Å². The van der Waals surface area contributed by atoms with Crippen molar-refractivity contribution in [2.24, 2.45) is 0 Å². The number of hydrogen-bond donors (Lipinski definition) is 1. The molecule has 1 heterocycles. The monoisotopic (exact) mass is 253 g/mol. The fourth-order valence-electron chi connectivity index (χ4n) is 2.23. The second-order valence-corrected chi connectivity index (χ2v) is 4.48. The summed E-state index contributed by atoms with van der Waals surface area (Å²) in [7, 11) is 1.76. The van der Waals surface area contributed by atoms with Crippen molar-refractivity contribution in [1.82, 2.24) is 15.1 Å². The summed E-state index contributed by atoms with van der Waals surface area (Å²) in [6.45, 7) is 9.18. The lowest BCUT2D eigenvalue weighted by atomic mass is 10.1. The third-order valence-electron chi connectivity index (χ3n) is 3.17. The summed E-state index contributed by atoms with van der Waals surface area (Å²) in [5.74, 6) is 0. The minimum atomic E-state index is 0.387. The molecule has 0 aromatic carbocycles. The molecule has 1 aromatic heterocycles. The number of nitrogens with zero attached hydrogens (tertiary/aromatic N) is 2. The molecule has 1 atom stereocenters. The molecule has 4 nitrogen and oxygen atoms in total. The van der Waals surface area contributed by atoms with Crippen molar-refractivity contribution in [2.75, 3.05) is 20.3 Å². The number of methoxy groups -OCH3 is 1. The molecule has 0 saturated heterocycles. The Morgan fingerprint density at radius 1 is 1.39 bits per heavy atom. The molecule has 0 spiro atoms. The molecule has 0 aliphatic carbocycles. The smallest absolute Gasteiger partial charge is 0.0625 e. The molecule has 18 heavy (non-hydrogen) atoms. The fourth-order valence-corrected chi connectivity index (χ4v) is 2.23. The van der Waals surface area contributed by atoms with Crippen LogP contribution >= 0.6 is 0 Å². The van der Waals surface area contributed by atoms with Crippen molar-refractivity contribution in [3.8, 4) is 0 Å². The molecule has 0 aliphatic heterocycles. The maximum Gasteiger partial charge on any atom is 0.0625 e. The number of aromatic nitrogens is 2. The van der Waals surface area contributed by atoms with E-state index in [1.165, 1.54) is 11.4 Å². The number of hydrogen-bond acceptors (Lipinski definition) is 3. The van der Waals surface area contributed by atoms with Gasteiger partial charge in [0.1, 0.15) is 0 Å². The molecule has 0 fully saturated rings. The first-order valence-electron chi connectivity index (χ1n) is 7.05. The van der Waals surface area contributed by atoms with Gasteiger partial charge in [0.25, 0.3) is 0 Å². The van der Waals surface area contributed by atoms with Crippen LogP contribution < -0.4 is 5.32 Å². The lowest BCUT2D eigenvalue weighted by Crippen LogP contribution is -2.24. The summed E-state index contributed by atoms with van der Waals surface area (Å²) in [6.07, 6.45) is 3.16. The van der Waals surface area contributed by atoms with E-state index < -0.39 is 0 Å². The maximum atomic E-state index is 5.14. The molecule has 0 radical (unpaired) electrons. The van der Waals surface area contributed by atoms with Gasteiger partial charge in [-0.2, -0.15) is 5.10 Å². The third kappa shape index (κ3) is 4.10. The SMILES string of the molecule is CCNC(CCCOC)c1cc(CC)nn1CC. The summed E-state index contributed by atoms with van der Waals surface area (Å²) >= 11 is 0. The van der Waals surface area contributed by atoms with Crippen LogP contribution in [0.5, 0.6) is 0 Å². The highest BCUT2D eigenvalue weighted by Crippen LogP contribution is 2.20. The van der Waals surface area contributed by atoms with Crippen LogP contribution in [0, 0.1) is 0 Å². The summed E-state index contributed by atoms with van der Waals surface area (Å²) in [5, 5.41) is 8.18. The van der Waals surface area contributed by atoms with Crippen LogP contribution in [-0.4, -0.2) is 30.0 Å². The first-order valence-corrected chi connectivity index (χ1v) is 7.05. The predicted octanol–water partition coefficient (Wildman–Crippen LogP) is 2.54. The standard InChI is InChI=1S/C14H27N3O/c1-5-12-11-14(17(7-3)16-12)13(15-6-2)9-8-10-18-4/h11,13,15H,5-10H2,1-4H3. The second kappa shape index (κ2) is 8.27.